The first-order valence-electron chi connectivity index (χ1n) is 6.25. The lowest BCUT2D eigenvalue weighted by Crippen LogP contribution is -2.36. The second kappa shape index (κ2) is 4.88. The molecule has 0 spiro atoms. The van der Waals surface area contributed by atoms with E-state index in [0.29, 0.717) is 6.42 Å². The zero-order valence-corrected chi connectivity index (χ0v) is 10.5. The average molecular weight is 232 g/mol. The molecule has 92 valence electrons. The van der Waals surface area contributed by atoms with Gasteiger partial charge in [0.25, 0.3) is 0 Å². The predicted molar refractivity (Wildman–Crippen MR) is 70.0 cm³/mol. The lowest BCUT2D eigenvalue weighted by Gasteiger charge is -2.23. The molecule has 0 saturated carbocycles. The van der Waals surface area contributed by atoms with Gasteiger partial charge in [0.2, 0.25) is 5.91 Å². The number of hydrogen-bond donors (Lipinski definition) is 1. The molecule has 17 heavy (non-hydrogen) atoms. The maximum atomic E-state index is 12.2. The second-order valence-electron chi connectivity index (χ2n) is 4.96. The summed E-state index contributed by atoms with van der Waals surface area (Å²) in [6.45, 7) is 4.04. The fourth-order valence-electron chi connectivity index (χ4n) is 2.42. The summed E-state index contributed by atoms with van der Waals surface area (Å²) in [7, 11) is 0. The second-order valence-corrected chi connectivity index (χ2v) is 4.96. The zero-order chi connectivity index (χ0) is 12.4. The van der Waals surface area contributed by atoms with E-state index < -0.39 is 0 Å². The van der Waals surface area contributed by atoms with Crippen LogP contribution >= 0.6 is 0 Å². The van der Waals surface area contributed by atoms with Gasteiger partial charge in [0.15, 0.2) is 0 Å². The molecule has 0 bridgehead atoms. The molecular formula is C14H20N2O. The van der Waals surface area contributed by atoms with Gasteiger partial charge in [0.1, 0.15) is 0 Å². The van der Waals surface area contributed by atoms with E-state index in [9.17, 15) is 4.79 Å². The number of nitrogens with zero attached hydrogens (tertiary/aromatic N) is 1. The van der Waals surface area contributed by atoms with E-state index in [-0.39, 0.29) is 18.0 Å². The number of anilines is 1. The Balaban J connectivity index is 2.13. The number of benzene rings is 1. The van der Waals surface area contributed by atoms with E-state index in [1.165, 1.54) is 5.56 Å². The summed E-state index contributed by atoms with van der Waals surface area (Å²) in [4.78, 5) is 14.1. The number of hydrogen-bond acceptors (Lipinski definition) is 2. The van der Waals surface area contributed by atoms with Gasteiger partial charge in [0.05, 0.1) is 0 Å². The lowest BCUT2D eigenvalue weighted by atomic mass is 10.1. The van der Waals surface area contributed by atoms with E-state index in [1.54, 1.807) is 0 Å². The fourth-order valence-corrected chi connectivity index (χ4v) is 2.42. The van der Waals surface area contributed by atoms with E-state index in [2.05, 4.69) is 13.0 Å². The van der Waals surface area contributed by atoms with Crippen molar-refractivity contribution in [3.63, 3.8) is 0 Å². The minimum absolute atomic E-state index is 0.0899. The molecule has 2 atom stereocenters. The molecule has 1 aromatic carbocycles. The first-order valence-corrected chi connectivity index (χ1v) is 6.25. The SMILES string of the molecule is CC(N)CCC(=O)N1c2ccccc2CC1C. The molecule has 0 radical (unpaired) electrons. The van der Waals surface area contributed by atoms with Crippen LogP contribution in [0.5, 0.6) is 0 Å². The number of fused-ring (bicyclic) bond motifs is 1. The van der Waals surface area contributed by atoms with Gasteiger partial charge < -0.3 is 10.6 Å². The molecule has 1 aromatic rings. The van der Waals surface area contributed by atoms with E-state index in [1.807, 2.05) is 30.0 Å². The Bertz CT molecular complexity index is 414. The van der Waals surface area contributed by atoms with Gasteiger partial charge in [-0.25, -0.2) is 0 Å². The number of carbonyl (C=O) groups is 1. The number of nitrogens with two attached hydrogens (primary N) is 1. The van der Waals surface area contributed by atoms with Crippen molar-refractivity contribution < 1.29 is 4.79 Å². The number of rotatable bonds is 3. The van der Waals surface area contributed by atoms with Gasteiger partial charge in [-0.1, -0.05) is 18.2 Å². The van der Waals surface area contributed by atoms with Gasteiger partial charge >= 0.3 is 0 Å². The van der Waals surface area contributed by atoms with Crippen LogP contribution in [0, 0.1) is 0 Å². The minimum Gasteiger partial charge on any atom is -0.328 e. The molecule has 2 unspecified atom stereocenters. The van der Waals surface area contributed by atoms with Crippen molar-refractivity contribution >= 4 is 11.6 Å². The van der Waals surface area contributed by atoms with Crippen LogP contribution in [0.25, 0.3) is 0 Å². The molecule has 0 saturated heterocycles. The third kappa shape index (κ3) is 2.50. The largest absolute Gasteiger partial charge is 0.328 e. The Kier molecular flexibility index (Phi) is 3.48. The van der Waals surface area contributed by atoms with Crippen molar-refractivity contribution in [3.05, 3.63) is 29.8 Å². The topological polar surface area (TPSA) is 46.3 Å². The van der Waals surface area contributed by atoms with Crippen molar-refractivity contribution in [2.45, 2.75) is 45.2 Å². The summed E-state index contributed by atoms with van der Waals surface area (Å²) < 4.78 is 0. The maximum Gasteiger partial charge on any atom is 0.227 e. The standard InChI is InChI=1S/C14H20N2O/c1-10(15)7-8-14(17)16-11(2)9-12-5-3-4-6-13(12)16/h3-6,10-11H,7-9,15H2,1-2H3. The number of para-hydroxylation sites is 1. The molecule has 3 nitrogen and oxygen atoms in total. The Morgan fingerprint density at radius 2 is 2.24 bits per heavy atom. The lowest BCUT2D eigenvalue weighted by molar-refractivity contribution is -0.119. The average Bonchev–Trinajstić information content (AvgIpc) is 2.61. The van der Waals surface area contributed by atoms with Crippen LogP contribution in [0.3, 0.4) is 0 Å². The molecule has 2 N–H and O–H groups in total. The molecule has 0 aromatic heterocycles. The molecular weight excluding hydrogens is 212 g/mol. The normalized spacial score (nSPS) is 20.2. The Labute approximate surface area is 103 Å². The van der Waals surface area contributed by atoms with Crippen LogP contribution in [0.15, 0.2) is 24.3 Å². The van der Waals surface area contributed by atoms with E-state index in [4.69, 9.17) is 5.73 Å². The Hall–Kier alpha value is -1.35. The van der Waals surface area contributed by atoms with Crippen LogP contribution < -0.4 is 10.6 Å². The van der Waals surface area contributed by atoms with Crippen LogP contribution in [-0.4, -0.2) is 18.0 Å². The molecule has 0 fully saturated rings. The van der Waals surface area contributed by atoms with Crippen molar-refractivity contribution in [1.29, 1.82) is 0 Å². The monoisotopic (exact) mass is 232 g/mol. The summed E-state index contributed by atoms with van der Waals surface area (Å²) in [5.41, 5.74) is 8.05. The highest BCUT2D eigenvalue weighted by Crippen LogP contribution is 2.32. The molecule has 1 heterocycles. The van der Waals surface area contributed by atoms with Crippen LogP contribution in [0.4, 0.5) is 5.69 Å². The minimum atomic E-state index is 0.0899. The molecule has 1 amide bonds. The summed E-state index contributed by atoms with van der Waals surface area (Å²) in [5.74, 6) is 0.194. The van der Waals surface area contributed by atoms with E-state index >= 15 is 0 Å². The smallest absolute Gasteiger partial charge is 0.227 e. The van der Waals surface area contributed by atoms with Crippen molar-refractivity contribution in [3.8, 4) is 0 Å². The number of carbonyl (C=O) groups excluding carboxylic acids is 1. The van der Waals surface area contributed by atoms with Gasteiger partial charge in [-0.05, 0) is 38.3 Å². The maximum absolute atomic E-state index is 12.2. The predicted octanol–water partition coefficient (Wildman–Crippen LogP) is 2.09. The van der Waals surface area contributed by atoms with Gasteiger partial charge in [-0.15, -0.1) is 0 Å². The highest BCUT2D eigenvalue weighted by atomic mass is 16.2. The van der Waals surface area contributed by atoms with Crippen molar-refractivity contribution in [2.24, 2.45) is 5.73 Å². The molecule has 3 heteroatoms. The molecule has 0 aliphatic carbocycles. The summed E-state index contributed by atoms with van der Waals surface area (Å²) >= 11 is 0. The van der Waals surface area contributed by atoms with Crippen LogP contribution in [0.1, 0.15) is 32.3 Å². The Morgan fingerprint density at radius 1 is 1.53 bits per heavy atom. The van der Waals surface area contributed by atoms with Crippen molar-refractivity contribution in [1.82, 2.24) is 0 Å². The van der Waals surface area contributed by atoms with Crippen molar-refractivity contribution in [2.75, 3.05) is 4.90 Å². The molecule has 2 rings (SSSR count). The quantitative estimate of drug-likeness (QED) is 0.867. The van der Waals surface area contributed by atoms with Gasteiger partial charge in [-0.2, -0.15) is 0 Å². The third-order valence-electron chi connectivity index (χ3n) is 3.29. The summed E-state index contributed by atoms with van der Waals surface area (Å²) in [6.07, 6.45) is 2.25. The van der Waals surface area contributed by atoms with Gasteiger partial charge in [0, 0.05) is 24.2 Å². The van der Waals surface area contributed by atoms with E-state index in [0.717, 1.165) is 18.5 Å². The first kappa shape index (κ1) is 12.1. The molecule has 1 aliphatic rings. The summed E-state index contributed by atoms with van der Waals surface area (Å²) in [6, 6.07) is 8.51. The van der Waals surface area contributed by atoms with Crippen LogP contribution in [-0.2, 0) is 11.2 Å². The molecule has 1 aliphatic heterocycles. The Morgan fingerprint density at radius 3 is 2.94 bits per heavy atom. The van der Waals surface area contributed by atoms with Gasteiger partial charge in [-0.3, -0.25) is 4.79 Å². The fraction of sp³-hybridized carbons (Fsp3) is 0.500. The van der Waals surface area contributed by atoms with Crippen LogP contribution in [0.2, 0.25) is 0 Å². The highest BCUT2D eigenvalue weighted by Gasteiger charge is 2.29. The highest BCUT2D eigenvalue weighted by molar-refractivity contribution is 5.96. The zero-order valence-electron chi connectivity index (χ0n) is 10.5. The third-order valence-corrected chi connectivity index (χ3v) is 3.29. The first-order chi connectivity index (χ1) is 8.09. The summed E-state index contributed by atoms with van der Waals surface area (Å²) in [5, 5.41) is 0. The number of amides is 1.